The van der Waals surface area contributed by atoms with Gasteiger partial charge in [-0.05, 0) is 107 Å². The van der Waals surface area contributed by atoms with Crippen molar-refractivity contribution < 1.29 is 9.84 Å². The van der Waals surface area contributed by atoms with Crippen LogP contribution in [0.5, 0.6) is 0 Å². The third-order valence-corrected chi connectivity index (χ3v) is 8.69. The molecule has 0 amide bonds. The molecule has 0 aromatic rings. The van der Waals surface area contributed by atoms with Crippen molar-refractivity contribution in [2.75, 3.05) is 19.8 Å². The molecule has 0 aromatic carbocycles. The summed E-state index contributed by atoms with van der Waals surface area (Å²) in [5.74, 6) is 2.26. The van der Waals surface area contributed by atoms with E-state index in [1.165, 1.54) is 49.7 Å². The number of rotatable bonds is 15. The first kappa shape index (κ1) is 29.3. The van der Waals surface area contributed by atoms with Gasteiger partial charge in [0.15, 0.2) is 0 Å². The highest BCUT2D eigenvalue weighted by atomic mass is 16.5. The van der Waals surface area contributed by atoms with Crippen LogP contribution in [0, 0.1) is 23.2 Å². The van der Waals surface area contributed by atoms with Crippen LogP contribution in [-0.2, 0) is 4.74 Å². The normalized spacial score (nSPS) is 27.7. The van der Waals surface area contributed by atoms with E-state index in [1.54, 1.807) is 5.57 Å². The topological polar surface area (TPSA) is 55.5 Å². The van der Waals surface area contributed by atoms with Crippen LogP contribution in [0.1, 0.15) is 112 Å². The standard InChI is InChI=1S/C31H55NO2/c1-7-11-24(2)26(18-23-34-22-10-21-32)14-15-27-13-9-20-31(6)28(16-17-29(27)31)25(3)12-8-19-30(4,5)33/h14-15,25,28-29,33H,2,7-13,16-23,32H2,1,3-6H3/b26-14-,27-15+/t25-,28?,29?,31-/m1/s1. The summed E-state index contributed by atoms with van der Waals surface area (Å²) in [7, 11) is 0. The van der Waals surface area contributed by atoms with E-state index >= 15 is 0 Å². The minimum atomic E-state index is -0.538. The first-order valence-electron chi connectivity index (χ1n) is 14.2. The van der Waals surface area contributed by atoms with E-state index in [2.05, 4.69) is 39.5 Å². The molecule has 196 valence electrons. The van der Waals surface area contributed by atoms with Gasteiger partial charge < -0.3 is 15.6 Å². The summed E-state index contributed by atoms with van der Waals surface area (Å²) in [4.78, 5) is 0. The highest BCUT2D eigenvalue weighted by molar-refractivity contribution is 5.34. The van der Waals surface area contributed by atoms with Crippen molar-refractivity contribution in [3.05, 3.63) is 35.5 Å². The monoisotopic (exact) mass is 473 g/mol. The minimum Gasteiger partial charge on any atom is -0.390 e. The van der Waals surface area contributed by atoms with Crippen LogP contribution in [0.25, 0.3) is 0 Å². The Kier molecular flexibility index (Phi) is 12.1. The van der Waals surface area contributed by atoms with Crippen molar-refractivity contribution >= 4 is 0 Å². The van der Waals surface area contributed by atoms with Crippen molar-refractivity contribution in [2.24, 2.45) is 28.9 Å². The number of nitrogens with two attached hydrogens (primary N) is 1. The summed E-state index contributed by atoms with van der Waals surface area (Å²) in [6, 6.07) is 0. The third kappa shape index (κ3) is 8.64. The summed E-state index contributed by atoms with van der Waals surface area (Å²) in [6.45, 7) is 17.7. The van der Waals surface area contributed by atoms with E-state index < -0.39 is 5.60 Å². The summed E-state index contributed by atoms with van der Waals surface area (Å²) in [5.41, 5.74) is 9.78. The maximum atomic E-state index is 10.1. The van der Waals surface area contributed by atoms with Crippen LogP contribution in [-0.4, -0.2) is 30.5 Å². The fourth-order valence-electron chi connectivity index (χ4n) is 6.79. The third-order valence-electron chi connectivity index (χ3n) is 8.69. The molecule has 2 aliphatic carbocycles. The second-order valence-electron chi connectivity index (χ2n) is 12.1. The Bertz CT molecular complexity index is 686. The average molecular weight is 474 g/mol. The zero-order chi connectivity index (χ0) is 25.2. The molecule has 34 heavy (non-hydrogen) atoms. The molecule has 4 atom stereocenters. The molecule has 0 spiro atoms. The summed E-state index contributed by atoms with van der Waals surface area (Å²) in [5, 5.41) is 10.1. The molecule has 3 nitrogen and oxygen atoms in total. The molecule has 3 N–H and O–H groups in total. The number of fused-ring (bicyclic) bond motifs is 1. The highest BCUT2D eigenvalue weighted by Gasteiger charge is 2.50. The summed E-state index contributed by atoms with van der Waals surface area (Å²) < 4.78 is 5.81. The van der Waals surface area contributed by atoms with Gasteiger partial charge in [-0.15, -0.1) is 0 Å². The predicted octanol–water partition coefficient (Wildman–Crippen LogP) is 7.74. The van der Waals surface area contributed by atoms with Gasteiger partial charge in [0.1, 0.15) is 0 Å². The molecule has 0 aliphatic heterocycles. The van der Waals surface area contributed by atoms with Crippen molar-refractivity contribution in [3.63, 3.8) is 0 Å². The van der Waals surface area contributed by atoms with Gasteiger partial charge in [-0.1, -0.05) is 69.9 Å². The quantitative estimate of drug-likeness (QED) is 0.189. The van der Waals surface area contributed by atoms with E-state index in [4.69, 9.17) is 10.5 Å². The molecule has 0 saturated heterocycles. The largest absolute Gasteiger partial charge is 0.390 e. The zero-order valence-electron chi connectivity index (χ0n) is 23.1. The maximum absolute atomic E-state index is 10.1. The Morgan fingerprint density at radius 3 is 2.71 bits per heavy atom. The fourth-order valence-corrected chi connectivity index (χ4v) is 6.79. The number of ether oxygens (including phenoxy) is 1. The van der Waals surface area contributed by atoms with E-state index in [-0.39, 0.29) is 0 Å². The molecular formula is C31H55NO2. The van der Waals surface area contributed by atoms with Crippen molar-refractivity contribution in [1.82, 2.24) is 0 Å². The van der Waals surface area contributed by atoms with Gasteiger partial charge in [0.25, 0.3) is 0 Å². The molecule has 0 bridgehead atoms. The number of hydrogen-bond acceptors (Lipinski definition) is 3. The molecule has 0 aromatic heterocycles. The Labute approximate surface area is 211 Å². The lowest BCUT2D eigenvalue weighted by atomic mass is 9.60. The van der Waals surface area contributed by atoms with Gasteiger partial charge in [0.05, 0.1) is 12.2 Å². The fraction of sp³-hybridized carbons (Fsp3) is 0.806. The first-order valence-corrected chi connectivity index (χ1v) is 14.2. The number of aliphatic hydroxyl groups is 1. The summed E-state index contributed by atoms with van der Waals surface area (Å²) in [6.07, 6.45) is 18.8. The first-order chi connectivity index (χ1) is 16.1. The van der Waals surface area contributed by atoms with E-state index in [1.807, 2.05) is 13.8 Å². The van der Waals surface area contributed by atoms with Crippen LogP contribution in [0.4, 0.5) is 0 Å². The van der Waals surface area contributed by atoms with Crippen LogP contribution in [0.15, 0.2) is 35.5 Å². The number of allylic oxidation sites excluding steroid dienone is 4. The second kappa shape index (κ2) is 14.0. The molecule has 0 radical (unpaired) electrons. The lowest BCUT2D eigenvalue weighted by Gasteiger charge is -2.44. The van der Waals surface area contributed by atoms with E-state index in [0.717, 1.165) is 69.5 Å². The Balaban J connectivity index is 2.08. The van der Waals surface area contributed by atoms with Crippen molar-refractivity contribution in [3.8, 4) is 0 Å². The van der Waals surface area contributed by atoms with Gasteiger partial charge in [-0.2, -0.15) is 0 Å². The van der Waals surface area contributed by atoms with Gasteiger partial charge in [0.2, 0.25) is 0 Å². The Morgan fingerprint density at radius 2 is 2.03 bits per heavy atom. The minimum absolute atomic E-state index is 0.429. The number of hydrogen-bond donors (Lipinski definition) is 2. The van der Waals surface area contributed by atoms with Crippen LogP contribution in [0.2, 0.25) is 0 Å². The molecule has 2 rings (SSSR count). The lowest BCUT2D eigenvalue weighted by molar-refractivity contribution is 0.0596. The summed E-state index contributed by atoms with van der Waals surface area (Å²) >= 11 is 0. The second-order valence-corrected chi connectivity index (χ2v) is 12.1. The molecule has 2 aliphatic rings. The van der Waals surface area contributed by atoms with Crippen molar-refractivity contribution in [2.45, 2.75) is 117 Å². The average Bonchev–Trinajstić information content (AvgIpc) is 3.12. The Hall–Kier alpha value is -0.900. The van der Waals surface area contributed by atoms with Crippen LogP contribution in [0.3, 0.4) is 0 Å². The van der Waals surface area contributed by atoms with Crippen LogP contribution >= 0.6 is 0 Å². The van der Waals surface area contributed by atoms with E-state index in [0.29, 0.717) is 12.0 Å². The molecule has 3 heteroatoms. The van der Waals surface area contributed by atoms with Gasteiger partial charge >= 0.3 is 0 Å². The lowest BCUT2D eigenvalue weighted by Crippen LogP contribution is -2.36. The zero-order valence-corrected chi connectivity index (χ0v) is 23.1. The molecule has 2 fully saturated rings. The van der Waals surface area contributed by atoms with Gasteiger partial charge in [0, 0.05) is 6.61 Å². The van der Waals surface area contributed by atoms with Gasteiger partial charge in [-0.25, -0.2) is 0 Å². The smallest absolute Gasteiger partial charge is 0.0591 e. The highest BCUT2D eigenvalue weighted by Crippen LogP contribution is 2.59. The SMILES string of the molecule is C=C(CCC)/C(=C\C=C1/CCC[C@@]2(C)C1CCC2[C@H](C)CCCC(C)(C)O)CCOCCCN. The molecule has 2 unspecified atom stereocenters. The van der Waals surface area contributed by atoms with E-state index in [9.17, 15) is 5.11 Å². The van der Waals surface area contributed by atoms with Gasteiger partial charge in [-0.3, -0.25) is 0 Å². The Morgan fingerprint density at radius 1 is 1.26 bits per heavy atom. The molecule has 0 heterocycles. The van der Waals surface area contributed by atoms with Crippen molar-refractivity contribution in [1.29, 1.82) is 0 Å². The molecular weight excluding hydrogens is 418 g/mol. The predicted molar refractivity (Wildman–Crippen MR) is 147 cm³/mol. The maximum Gasteiger partial charge on any atom is 0.0591 e. The molecule has 2 saturated carbocycles. The van der Waals surface area contributed by atoms with Crippen LogP contribution < -0.4 is 5.73 Å².